The molecule has 1 atom stereocenters. The first kappa shape index (κ1) is 16.7. The molecule has 0 aliphatic rings. The largest absolute Gasteiger partial charge is 0.310 e. The van der Waals surface area contributed by atoms with Crippen molar-refractivity contribution in [3.63, 3.8) is 0 Å². The number of hydrogen-bond acceptors (Lipinski definition) is 2. The lowest BCUT2D eigenvalue weighted by atomic mass is 10.1. The molecule has 0 radical (unpaired) electrons. The number of nitrogens with one attached hydrogen (secondary N) is 1. The average molecular weight is 327 g/mol. The quantitative estimate of drug-likeness (QED) is 0.719. The Kier molecular flexibility index (Phi) is 7.66. The van der Waals surface area contributed by atoms with Crippen molar-refractivity contribution < 1.29 is 0 Å². The number of halogens is 1. The third kappa shape index (κ3) is 6.07. The van der Waals surface area contributed by atoms with Gasteiger partial charge in [-0.1, -0.05) is 34.1 Å². The van der Waals surface area contributed by atoms with Crippen LogP contribution in [-0.4, -0.2) is 31.1 Å². The van der Waals surface area contributed by atoms with Gasteiger partial charge in [-0.05, 0) is 65.4 Å². The summed E-state index contributed by atoms with van der Waals surface area (Å²) in [5.74, 6) is 0. The highest BCUT2D eigenvalue weighted by Gasteiger charge is 2.07. The molecule has 1 aromatic rings. The van der Waals surface area contributed by atoms with Gasteiger partial charge in [-0.2, -0.15) is 0 Å². The summed E-state index contributed by atoms with van der Waals surface area (Å²) in [4.78, 5) is 2.40. The van der Waals surface area contributed by atoms with Gasteiger partial charge in [-0.3, -0.25) is 0 Å². The zero-order valence-corrected chi connectivity index (χ0v) is 14.2. The molecule has 0 spiro atoms. The van der Waals surface area contributed by atoms with Crippen LogP contribution in [-0.2, 0) is 0 Å². The van der Waals surface area contributed by atoms with Crippen molar-refractivity contribution in [1.82, 2.24) is 10.2 Å². The molecule has 19 heavy (non-hydrogen) atoms. The van der Waals surface area contributed by atoms with Crippen molar-refractivity contribution in [3.05, 3.63) is 34.3 Å². The van der Waals surface area contributed by atoms with Crippen LogP contribution in [0.2, 0.25) is 0 Å². The summed E-state index contributed by atoms with van der Waals surface area (Å²) in [6, 6.07) is 9.47. The molecule has 0 bridgehead atoms. The molecule has 0 aromatic heterocycles. The Balaban J connectivity index is 2.21. The predicted molar refractivity (Wildman–Crippen MR) is 87.6 cm³/mol. The molecule has 2 nitrogen and oxygen atoms in total. The van der Waals surface area contributed by atoms with Gasteiger partial charge >= 0.3 is 0 Å². The molecule has 1 aromatic carbocycles. The molecule has 0 heterocycles. The lowest BCUT2D eigenvalue weighted by Gasteiger charge is -2.21. The third-order valence-electron chi connectivity index (χ3n) is 3.64. The maximum absolute atomic E-state index is 3.61. The summed E-state index contributed by atoms with van der Waals surface area (Å²) in [6.45, 7) is 8.97. The van der Waals surface area contributed by atoms with E-state index in [-0.39, 0.29) is 0 Å². The number of rotatable bonds is 8. The van der Waals surface area contributed by atoms with E-state index in [1.165, 1.54) is 29.4 Å². The molecular formula is C16H27BrN2. The third-order valence-corrected chi connectivity index (χ3v) is 4.36. The number of hydrogen-bond donors (Lipinski definition) is 1. The summed E-state index contributed by atoms with van der Waals surface area (Å²) in [5.41, 5.74) is 1.33. The summed E-state index contributed by atoms with van der Waals surface area (Å²) in [6.07, 6.45) is 2.48. The minimum Gasteiger partial charge on any atom is -0.310 e. The first-order chi connectivity index (χ1) is 9.02. The van der Waals surface area contributed by atoms with Gasteiger partial charge in [0.1, 0.15) is 0 Å². The lowest BCUT2D eigenvalue weighted by Crippen LogP contribution is -2.28. The molecule has 0 aliphatic heterocycles. The van der Waals surface area contributed by atoms with Crippen LogP contribution >= 0.6 is 15.9 Å². The molecule has 3 heteroatoms. The van der Waals surface area contributed by atoms with E-state index in [2.05, 4.69) is 78.2 Å². The van der Waals surface area contributed by atoms with E-state index in [1.807, 2.05) is 0 Å². The maximum Gasteiger partial charge on any atom is 0.0302 e. The van der Waals surface area contributed by atoms with Crippen molar-refractivity contribution in [1.29, 1.82) is 0 Å². The topological polar surface area (TPSA) is 15.3 Å². The van der Waals surface area contributed by atoms with Crippen molar-refractivity contribution in [3.8, 4) is 0 Å². The molecule has 0 saturated carbocycles. The number of unbranched alkanes of at least 4 members (excludes halogenated alkanes) is 1. The Labute approximate surface area is 126 Å². The second-order valence-corrected chi connectivity index (χ2v) is 6.33. The zero-order valence-electron chi connectivity index (χ0n) is 12.6. The maximum atomic E-state index is 3.61. The lowest BCUT2D eigenvalue weighted by molar-refractivity contribution is 0.267. The Morgan fingerprint density at radius 2 is 1.84 bits per heavy atom. The van der Waals surface area contributed by atoms with Crippen molar-refractivity contribution in [2.24, 2.45) is 0 Å². The van der Waals surface area contributed by atoms with E-state index >= 15 is 0 Å². The van der Waals surface area contributed by atoms with Crippen LogP contribution in [0.1, 0.15) is 45.2 Å². The summed E-state index contributed by atoms with van der Waals surface area (Å²) < 4.78 is 1.19. The van der Waals surface area contributed by atoms with E-state index in [1.54, 1.807) is 0 Å². The Hall–Kier alpha value is -0.380. The Bertz CT molecular complexity index is 366. The fourth-order valence-electron chi connectivity index (χ4n) is 2.00. The molecule has 1 unspecified atom stereocenters. The second kappa shape index (κ2) is 8.72. The zero-order chi connectivity index (χ0) is 14.3. The molecule has 0 fully saturated rings. The SMILES string of the molecule is CC(NCCCCN(C)C(C)C)c1ccccc1Br. The second-order valence-electron chi connectivity index (χ2n) is 5.48. The van der Waals surface area contributed by atoms with Crippen molar-refractivity contribution in [2.75, 3.05) is 20.1 Å². The molecule has 1 N–H and O–H groups in total. The van der Waals surface area contributed by atoms with Gasteiger partial charge in [0.05, 0.1) is 0 Å². The van der Waals surface area contributed by atoms with E-state index in [4.69, 9.17) is 0 Å². The van der Waals surface area contributed by atoms with E-state index < -0.39 is 0 Å². The molecular weight excluding hydrogens is 300 g/mol. The van der Waals surface area contributed by atoms with Crippen LogP contribution in [0.3, 0.4) is 0 Å². The summed E-state index contributed by atoms with van der Waals surface area (Å²) in [7, 11) is 2.20. The van der Waals surface area contributed by atoms with Gasteiger partial charge in [-0.25, -0.2) is 0 Å². The normalized spacial score (nSPS) is 13.2. The van der Waals surface area contributed by atoms with Gasteiger partial charge in [0.15, 0.2) is 0 Å². The van der Waals surface area contributed by atoms with Crippen LogP contribution in [0.25, 0.3) is 0 Å². The fourth-order valence-corrected chi connectivity index (χ4v) is 2.63. The Morgan fingerprint density at radius 3 is 2.47 bits per heavy atom. The van der Waals surface area contributed by atoms with Crippen LogP contribution in [0, 0.1) is 0 Å². The van der Waals surface area contributed by atoms with Crippen LogP contribution in [0.4, 0.5) is 0 Å². The minimum absolute atomic E-state index is 0.401. The highest BCUT2D eigenvalue weighted by molar-refractivity contribution is 9.10. The monoisotopic (exact) mass is 326 g/mol. The standard InChI is InChI=1S/C16H27BrN2/c1-13(2)19(4)12-8-7-11-18-14(3)15-9-5-6-10-16(15)17/h5-6,9-10,13-14,18H,7-8,11-12H2,1-4H3. The van der Waals surface area contributed by atoms with E-state index in [0.717, 1.165) is 6.54 Å². The molecule has 0 saturated heterocycles. The summed E-state index contributed by atoms with van der Waals surface area (Å²) >= 11 is 3.61. The Morgan fingerprint density at radius 1 is 1.16 bits per heavy atom. The highest BCUT2D eigenvalue weighted by Crippen LogP contribution is 2.22. The van der Waals surface area contributed by atoms with E-state index in [0.29, 0.717) is 12.1 Å². The van der Waals surface area contributed by atoms with Gasteiger partial charge in [0.2, 0.25) is 0 Å². The molecule has 108 valence electrons. The van der Waals surface area contributed by atoms with Crippen LogP contribution in [0.15, 0.2) is 28.7 Å². The van der Waals surface area contributed by atoms with Gasteiger partial charge in [0.25, 0.3) is 0 Å². The van der Waals surface area contributed by atoms with Gasteiger partial charge < -0.3 is 10.2 Å². The van der Waals surface area contributed by atoms with Crippen molar-refractivity contribution >= 4 is 15.9 Å². The molecule has 0 amide bonds. The minimum atomic E-state index is 0.401. The van der Waals surface area contributed by atoms with Crippen molar-refractivity contribution in [2.45, 2.75) is 45.7 Å². The first-order valence-electron chi connectivity index (χ1n) is 7.20. The predicted octanol–water partition coefficient (Wildman–Crippen LogP) is 4.22. The number of benzene rings is 1. The highest BCUT2D eigenvalue weighted by atomic mass is 79.9. The summed E-state index contributed by atoms with van der Waals surface area (Å²) in [5, 5.41) is 3.59. The van der Waals surface area contributed by atoms with E-state index in [9.17, 15) is 0 Å². The fraction of sp³-hybridized carbons (Fsp3) is 0.625. The molecule has 0 aliphatic carbocycles. The first-order valence-corrected chi connectivity index (χ1v) is 7.99. The average Bonchev–Trinajstić information content (AvgIpc) is 2.38. The van der Waals surface area contributed by atoms with Gasteiger partial charge in [-0.15, -0.1) is 0 Å². The number of nitrogens with zero attached hydrogens (tertiary/aromatic N) is 1. The smallest absolute Gasteiger partial charge is 0.0302 e. The van der Waals surface area contributed by atoms with Gasteiger partial charge in [0, 0.05) is 16.6 Å². The van der Waals surface area contributed by atoms with Crippen LogP contribution < -0.4 is 5.32 Å². The van der Waals surface area contributed by atoms with Crippen LogP contribution in [0.5, 0.6) is 0 Å². The molecule has 1 rings (SSSR count).